The smallest absolute Gasteiger partial charge is 0.407 e. The average molecular weight is 415 g/mol. The predicted molar refractivity (Wildman–Crippen MR) is 109 cm³/mol. The van der Waals surface area contributed by atoms with E-state index in [0.717, 1.165) is 10.4 Å². The highest BCUT2D eigenvalue weighted by Gasteiger charge is 2.13. The van der Waals surface area contributed by atoms with E-state index in [1.54, 1.807) is 55.5 Å². The van der Waals surface area contributed by atoms with Crippen LogP contribution >= 0.6 is 11.6 Å². The van der Waals surface area contributed by atoms with E-state index in [1.807, 2.05) is 0 Å². The molecule has 0 unspecified atom stereocenters. The average Bonchev–Trinajstić information content (AvgIpc) is 2.71. The predicted octanol–water partition coefficient (Wildman–Crippen LogP) is 2.61. The summed E-state index contributed by atoms with van der Waals surface area (Å²) >= 11 is 5.85. The van der Waals surface area contributed by atoms with Crippen LogP contribution in [0.25, 0.3) is 10.8 Å². The van der Waals surface area contributed by atoms with Gasteiger partial charge in [-0.1, -0.05) is 41.9 Å². The molecule has 3 rings (SSSR count). The van der Waals surface area contributed by atoms with Gasteiger partial charge in [0, 0.05) is 10.4 Å². The molecule has 1 aromatic heterocycles. The fraction of sp³-hybridized carbons (Fsp3) is 0.200. The second kappa shape index (κ2) is 9.20. The molecule has 0 radical (unpaired) electrons. The lowest BCUT2D eigenvalue weighted by molar-refractivity contribution is -0.116. The van der Waals surface area contributed by atoms with E-state index in [0.29, 0.717) is 21.5 Å². The fourth-order valence-electron chi connectivity index (χ4n) is 2.75. The molecule has 3 aromatic rings. The van der Waals surface area contributed by atoms with Gasteiger partial charge in [0.2, 0.25) is 5.91 Å². The molecule has 0 fully saturated rings. The Morgan fingerprint density at radius 3 is 2.48 bits per heavy atom. The topological polar surface area (TPSA) is 102 Å². The summed E-state index contributed by atoms with van der Waals surface area (Å²) in [4.78, 5) is 37.6. The van der Waals surface area contributed by atoms with E-state index in [2.05, 4.69) is 15.8 Å². The number of fused-ring (bicyclic) bond motifs is 1. The van der Waals surface area contributed by atoms with Gasteiger partial charge in [0.05, 0.1) is 30.7 Å². The van der Waals surface area contributed by atoms with Gasteiger partial charge in [-0.2, -0.15) is 5.10 Å². The molecule has 2 N–H and O–H groups in total. The van der Waals surface area contributed by atoms with E-state index in [-0.39, 0.29) is 19.6 Å². The monoisotopic (exact) mass is 414 g/mol. The molecule has 29 heavy (non-hydrogen) atoms. The third kappa shape index (κ3) is 5.11. The van der Waals surface area contributed by atoms with Gasteiger partial charge >= 0.3 is 6.09 Å². The van der Waals surface area contributed by atoms with Crippen LogP contribution in [0.5, 0.6) is 0 Å². The first-order chi connectivity index (χ1) is 14.0. The Hall–Kier alpha value is -3.39. The molecule has 0 aliphatic rings. The van der Waals surface area contributed by atoms with Crippen molar-refractivity contribution in [2.45, 2.75) is 19.9 Å². The zero-order valence-corrected chi connectivity index (χ0v) is 16.4. The van der Waals surface area contributed by atoms with Crippen LogP contribution < -0.4 is 16.3 Å². The number of benzene rings is 2. The second-order valence-corrected chi connectivity index (χ2v) is 6.56. The third-order valence-corrected chi connectivity index (χ3v) is 4.32. The van der Waals surface area contributed by atoms with Gasteiger partial charge in [-0.25, -0.2) is 10.2 Å². The molecule has 0 aliphatic heterocycles. The summed E-state index contributed by atoms with van der Waals surface area (Å²) in [6.45, 7) is 1.97. The Bertz CT molecular complexity index is 1100. The Morgan fingerprint density at radius 1 is 1.10 bits per heavy atom. The van der Waals surface area contributed by atoms with E-state index in [9.17, 15) is 14.4 Å². The lowest BCUT2D eigenvalue weighted by Crippen LogP contribution is -2.37. The van der Waals surface area contributed by atoms with Crippen molar-refractivity contribution in [3.63, 3.8) is 0 Å². The van der Waals surface area contributed by atoms with Crippen LogP contribution in [0, 0.1) is 0 Å². The van der Waals surface area contributed by atoms with Crippen LogP contribution in [0.2, 0.25) is 5.02 Å². The van der Waals surface area contributed by atoms with Gasteiger partial charge in [0.15, 0.2) is 0 Å². The Morgan fingerprint density at radius 2 is 1.79 bits per heavy atom. The molecule has 0 aliphatic carbocycles. The molecule has 0 atom stereocenters. The third-order valence-electron chi connectivity index (χ3n) is 4.07. The normalized spacial score (nSPS) is 10.6. The molecule has 9 heteroatoms. The lowest BCUT2D eigenvalue weighted by Gasteiger charge is -2.12. The Labute approximate surface area is 171 Å². The maximum Gasteiger partial charge on any atom is 0.407 e. The highest BCUT2D eigenvalue weighted by Crippen LogP contribution is 2.13. The minimum Gasteiger partial charge on any atom is -0.450 e. The Kier molecular flexibility index (Phi) is 6.46. The van der Waals surface area contributed by atoms with Crippen LogP contribution in [0.3, 0.4) is 0 Å². The van der Waals surface area contributed by atoms with E-state index in [4.69, 9.17) is 16.3 Å². The first-order valence-corrected chi connectivity index (χ1v) is 9.31. The molecule has 2 amide bonds. The van der Waals surface area contributed by atoms with Crippen LogP contribution in [0.15, 0.2) is 53.3 Å². The number of carbonyl (C=O) groups excluding carboxylic acids is 2. The molecule has 0 spiro atoms. The van der Waals surface area contributed by atoms with Crippen LogP contribution in [0.1, 0.15) is 18.2 Å². The summed E-state index contributed by atoms with van der Waals surface area (Å²) in [5.41, 5.74) is 3.19. The first kappa shape index (κ1) is 20.3. The fourth-order valence-corrected chi connectivity index (χ4v) is 2.87. The summed E-state index contributed by atoms with van der Waals surface area (Å²) in [7, 11) is 0. The van der Waals surface area contributed by atoms with Gasteiger partial charge in [0.1, 0.15) is 0 Å². The van der Waals surface area contributed by atoms with Crippen LogP contribution in [0.4, 0.5) is 4.79 Å². The summed E-state index contributed by atoms with van der Waals surface area (Å²) in [5.74, 6) is -0.415. The number of nitrogens with zero attached hydrogens (tertiary/aromatic N) is 2. The van der Waals surface area contributed by atoms with Crippen LogP contribution in [-0.4, -0.2) is 28.5 Å². The number of carbonyl (C=O) groups is 2. The van der Waals surface area contributed by atoms with E-state index < -0.39 is 17.6 Å². The van der Waals surface area contributed by atoms with Gasteiger partial charge in [-0.3, -0.25) is 9.59 Å². The van der Waals surface area contributed by atoms with Gasteiger partial charge in [-0.15, -0.1) is 4.79 Å². The molecule has 0 bridgehead atoms. The summed E-state index contributed by atoms with van der Waals surface area (Å²) in [5, 5.41) is 8.30. The largest absolute Gasteiger partial charge is 0.450 e. The minimum absolute atomic E-state index is 0.0344. The number of ether oxygens (including phenoxy) is 1. The van der Waals surface area contributed by atoms with Crippen molar-refractivity contribution in [3.8, 4) is 0 Å². The number of halogens is 1. The molecule has 1 heterocycles. The van der Waals surface area contributed by atoms with E-state index >= 15 is 0 Å². The number of rotatable bonds is 6. The second-order valence-electron chi connectivity index (χ2n) is 6.12. The van der Waals surface area contributed by atoms with E-state index in [1.165, 1.54) is 0 Å². The number of aromatic nitrogens is 2. The highest BCUT2D eigenvalue weighted by molar-refractivity contribution is 6.30. The van der Waals surface area contributed by atoms with Crippen molar-refractivity contribution in [2.24, 2.45) is 0 Å². The van der Waals surface area contributed by atoms with Gasteiger partial charge < -0.3 is 10.1 Å². The summed E-state index contributed by atoms with van der Waals surface area (Å²) < 4.78 is 4.84. The van der Waals surface area contributed by atoms with Crippen molar-refractivity contribution >= 4 is 34.4 Å². The molecular formula is C20H19ClN4O4. The SMILES string of the molecule is CCOC(=O)NCc1nn(NC(=O)Cc2ccc(Cl)cc2)c(=O)c2ccccc12. The number of amides is 2. The van der Waals surface area contributed by atoms with Crippen molar-refractivity contribution in [1.29, 1.82) is 0 Å². The maximum absolute atomic E-state index is 12.7. The molecule has 2 aromatic carbocycles. The van der Waals surface area contributed by atoms with Crippen molar-refractivity contribution in [1.82, 2.24) is 15.2 Å². The first-order valence-electron chi connectivity index (χ1n) is 8.94. The Balaban J connectivity index is 1.85. The standard InChI is InChI=1S/C20H19ClN4O4/c1-2-29-20(28)22-12-17-15-5-3-4-6-16(15)19(27)25(23-17)24-18(26)11-13-7-9-14(21)10-8-13/h3-10H,2,11-12H2,1H3,(H,22,28)(H,24,26). The van der Waals surface area contributed by atoms with Gasteiger partial charge in [0.25, 0.3) is 5.56 Å². The highest BCUT2D eigenvalue weighted by atomic mass is 35.5. The molecule has 8 nitrogen and oxygen atoms in total. The zero-order chi connectivity index (χ0) is 20.8. The minimum atomic E-state index is -0.595. The lowest BCUT2D eigenvalue weighted by atomic mass is 10.1. The van der Waals surface area contributed by atoms with Crippen molar-refractivity contribution in [2.75, 3.05) is 12.0 Å². The zero-order valence-electron chi connectivity index (χ0n) is 15.6. The molecular weight excluding hydrogens is 396 g/mol. The number of alkyl carbamates (subject to hydrolysis) is 1. The van der Waals surface area contributed by atoms with Crippen molar-refractivity contribution in [3.05, 3.63) is 75.2 Å². The number of nitrogens with one attached hydrogen (secondary N) is 2. The summed E-state index contributed by atoms with van der Waals surface area (Å²) in [6.07, 6.45) is -0.544. The number of hydrogen-bond acceptors (Lipinski definition) is 5. The molecule has 0 saturated carbocycles. The molecule has 0 saturated heterocycles. The molecule has 150 valence electrons. The summed E-state index contributed by atoms with van der Waals surface area (Å²) in [6, 6.07) is 13.7. The van der Waals surface area contributed by atoms with Crippen LogP contribution in [-0.2, 0) is 22.5 Å². The van der Waals surface area contributed by atoms with Crippen molar-refractivity contribution < 1.29 is 14.3 Å². The van der Waals surface area contributed by atoms with Gasteiger partial charge in [-0.05, 0) is 30.7 Å². The quantitative estimate of drug-likeness (QED) is 0.645. The number of hydrogen-bond donors (Lipinski definition) is 2. The maximum atomic E-state index is 12.7.